The minimum Gasteiger partial charge on any atom is -0.371 e. The Bertz CT molecular complexity index is 1000. The molecule has 0 unspecified atom stereocenters. The Kier molecular flexibility index (Phi) is 8.26. The standard InChI is InChI=1S/C23H22F7NO3/c1-13(32)8-20(33)21(31-3,16-4-6-19(24)7-5-16)12-34-14(2)15-9-17(22(25,26)27)11-18(10-15)23(28,29)30/h4-7,9-11,14,31H,8,12H2,1-3H3/t14-,21-/m1/s1. The average molecular weight is 493 g/mol. The number of ether oxygens (including phenoxy) is 1. The second-order valence-electron chi connectivity index (χ2n) is 7.76. The number of carbonyl (C=O) groups excluding carboxylic acids is 2. The molecule has 11 heteroatoms. The summed E-state index contributed by atoms with van der Waals surface area (Å²) in [5.74, 6) is -1.75. The quantitative estimate of drug-likeness (QED) is 0.365. The number of Topliss-reactive ketones (excluding diaryl/α,β-unsaturated/α-hetero) is 2. The molecule has 4 nitrogen and oxygen atoms in total. The highest BCUT2D eigenvalue weighted by Crippen LogP contribution is 2.38. The zero-order chi connectivity index (χ0) is 25.9. The molecular formula is C23H22F7NO3. The molecule has 2 atom stereocenters. The summed E-state index contributed by atoms with van der Waals surface area (Å²) in [7, 11) is 1.36. The summed E-state index contributed by atoms with van der Waals surface area (Å²) in [6.07, 6.45) is -11.9. The highest BCUT2D eigenvalue weighted by molar-refractivity contribution is 6.03. The van der Waals surface area contributed by atoms with Gasteiger partial charge >= 0.3 is 12.4 Å². The predicted molar refractivity (Wildman–Crippen MR) is 108 cm³/mol. The van der Waals surface area contributed by atoms with E-state index in [2.05, 4.69) is 5.32 Å². The van der Waals surface area contributed by atoms with Gasteiger partial charge in [-0.2, -0.15) is 26.3 Å². The SMILES string of the molecule is CN[C@@](CO[C@H](C)c1cc(C(F)(F)F)cc(C(F)(F)F)c1)(C(=O)CC(C)=O)c1ccc(F)cc1. The zero-order valence-electron chi connectivity index (χ0n) is 18.4. The lowest BCUT2D eigenvalue weighted by atomic mass is 9.84. The molecule has 1 N–H and O–H groups in total. The molecule has 0 aliphatic heterocycles. The first-order valence-corrected chi connectivity index (χ1v) is 9.99. The number of ketones is 2. The lowest BCUT2D eigenvalue weighted by Crippen LogP contribution is -2.51. The monoisotopic (exact) mass is 493 g/mol. The summed E-state index contributed by atoms with van der Waals surface area (Å²) >= 11 is 0. The molecule has 2 rings (SSSR count). The molecule has 2 aromatic carbocycles. The highest BCUT2D eigenvalue weighted by Gasteiger charge is 2.41. The van der Waals surface area contributed by atoms with Crippen molar-refractivity contribution in [2.75, 3.05) is 13.7 Å². The third kappa shape index (κ3) is 6.41. The molecule has 0 radical (unpaired) electrons. The molecule has 0 aliphatic carbocycles. The Hall–Kier alpha value is -2.79. The maximum atomic E-state index is 13.4. The van der Waals surface area contributed by atoms with Gasteiger partial charge in [-0.05, 0) is 62.4 Å². The van der Waals surface area contributed by atoms with Crippen LogP contribution in [0.4, 0.5) is 30.7 Å². The second-order valence-corrected chi connectivity index (χ2v) is 7.76. The summed E-state index contributed by atoms with van der Waals surface area (Å²) in [4.78, 5) is 24.5. The molecule has 2 aromatic rings. The minimum absolute atomic E-state index is 0.00299. The Morgan fingerprint density at radius 1 is 0.912 bits per heavy atom. The van der Waals surface area contributed by atoms with E-state index in [0.717, 1.165) is 12.1 Å². The topological polar surface area (TPSA) is 55.4 Å². The van der Waals surface area contributed by atoms with Crippen molar-refractivity contribution in [1.29, 1.82) is 0 Å². The van der Waals surface area contributed by atoms with Crippen LogP contribution in [0.2, 0.25) is 0 Å². The summed E-state index contributed by atoms with van der Waals surface area (Å²) in [6, 6.07) is 5.74. The smallest absolute Gasteiger partial charge is 0.371 e. The van der Waals surface area contributed by atoms with E-state index in [1.807, 2.05) is 0 Å². The van der Waals surface area contributed by atoms with Crippen molar-refractivity contribution in [1.82, 2.24) is 5.32 Å². The number of hydrogen-bond acceptors (Lipinski definition) is 4. The van der Waals surface area contributed by atoms with Crippen LogP contribution in [0.25, 0.3) is 0 Å². The van der Waals surface area contributed by atoms with Gasteiger partial charge in [0, 0.05) is 0 Å². The number of nitrogens with one attached hydrogen (secondary N) is 1. The van der Waals surface area contributed by atoms with Gasteiger partial charge in [0.1, 0.15) is 17.1 Å². The minimum atomic E-state index is -5.03. The van der Waals surface area contributed by atoms with E-state index in [1.54, 1.807) is 0 Å². The van der Waals surface area contributed by atoms with Crippen LogP contribution >= 0.6 is 0 Å². The zero-order valence-corrected chi connectivity index (χ0v) is 18.4. The predicted octanol–water partition coefficient (Wildman–Crippen LogP) is 5.60. The van der Waals surface area contributed by atoms with E-state index >= 15 is 0 Å². The van der Waals surface area contributed by atoms with E-state index < -0.39 is 71.1 Å². The van der Waals surface area contributed by atoms with E-state index in [-0.39, 0.29) is 11.6 Å². The van der Waals surface area contributed by atoms with Gasteiger partial charge in [0.2, 0.25) is 0 Å². The van der Waals surface area contributed by atoms with Crippen LogP contribution in [-0.2, 0) is 32.2 Å². The molecule has 0 bridgehead atoms. The molecule has 0 aromatic heterocycles. The highest BCUT2D eigenvalue weighted by atomic mass is 19.4. The largest absolute Gasteiger partial charge is 0.416 e. The van der Waals surface area contributed by atoms with Gasteiger partial charge in [-0.1, -0.05) is 12.1 Å². The molecular weight excluding hydrogens is 471 g/mol. The first-order valence-electron chi connectivity index (χ1n) is 9.99. The van der Waals surface area contributed by atoms with Gasteiger partial charge in [-0.25, -0.2) is 4.39 Å². The number of carbonyl (C=O) groups is 2. The van der Waals surface area contributed by atoms with Crippen LogP contribution in [0, 0.1) is 5.82 Å². The van der Waals surface area contributed by atoms with Gasteiger partial charge in [0.05, 0.1) is 30.3 Å². The molecule has 186 valence electrons. The van der Waals surface area contributed by atoms with Gasteiger partial charge < -0.3 is 10.1 Å². The number of likely N-dealkylation sites (N-methyl/N-ethyl adjacent to an activating group) is 1. The molecule has 0 fully saturated rings. The summed E-state index contributed by atoms with van der Waals surface area (Å²) in [5, 5.41) is 2.73. The van der Waals surface area contributed by atoms with Crippen molar-refractivity contribution in [2.45, 2.75) is 44.3 Å². The molecule has 34 heavy (non-hydrogen) atoms. The maximum absolute atomic E-state index is 13.4. The molecule has 0 amide bonds. The van der Waals surface area contributed by atoms with Crippen LogP contribution in [0.5, 0.6) is 0 Å². The third-order valence-corrected chi connectivity index (χ3v) is 5.28. The molecule has 0 spiro atoms. The maximum Gasteiger partial charge on any atom is 0.416 e. The van der Waals surface area contributed by atoms with E-state index in [9.17, 15) is 40.3 Å². The molecule has 0 saturated carbocycles. The number of alkyl halides is 6. The fourth-order valence-electron chi connectivity index (χ4n) is 3.35. The number of benzene rings is 2. The van der Waals surface area contributed by atoms with Crippen molar-refractivity contribution in [3.63, 3.8) is 0 Å². The number of rotatable bonds is 9. The molecule has 0 aliphatic rings. The van der Waals surface area contributed by atoms with Crippen molar-refractivity contribution in [3.8, 4) is 0 Å². The number of halogens is 7. The first-order chi connectivity index (χ1) is 15.6. The number of hydrogen-bond donors (Lipinski definition) is 1. The summed E-state index contributed by atoms with van der Waals surface area (Å²) in [5.41, 5.74) is -4.92. The van der Waals surface area contributed by atoms with Crippen LogP contribution in [-0.4, -0.2) is 25.2 Å². The fourth-order valence-corrected chi connectivity index (χ4v) is 3.35. The van der Waals surface area contributed by atoms with Crippen LogP contribution in [0.1, 0.15) is 48.6 Å². The van der Waals surface area contributed by atoms with E-state index in [0.29, 0.717) is 12.1 Å². The van der Waals surface area contributed by atoms with Crippen LogP contribution in [0.3, 0.4) is 0 Å². The molecule has 0 heterocycles. The van der Waals surface area contributed by atoms with E-state index in [4.69, 9.17) is 4.74 Å². The first kappa shape index (κ1) is 27.5. The van der Waals surface area contributed by atoms with Gasteiger partial charge in [0.15, 0.2) is 5.78 Å². The lowest BCUT2D eigenvalue weighted by Gasteiger charge is -2.33. The normalized spacial score (nSPS) is 15.0. The third-order valence-electron chi connectivity index (χ3n) is 5.28. The van der Waals surface area contributed by atoms with Crippen LogP contribution < -0.4 is 5.32 Å². The van der Waals surface area contributed by atoms with Crippen molar-refractivity contribution in [3.05, 3.63) is 70.5 Å². The van der Waals surface area contributed by atoms with Crippen molar-refractivity contribution >= 4 is 11.6 Å². The van der Waals surface area contributed by atoms with Crippen molar-refractivity contribution < 1.29 is 45.1 Å². The van der Waals surface area contributed by atoms with Crippen molar-refractivity contribution in [2.24, 2.45) is 0 Å². The van der Waals surface area contributed by atoms with Gasteiger partial charge in [-0.3, -0.25) is 9.59 Å². The summed E-state index contributed by atoms with van der Waals surface area (Å²) < 4.78 is 98.1. The average Bonchev–Trinajstić information content (AvgIpc) is 2.73. The Labute approximate surface area is 191 Å². The van der Waals surface area contributed by atoms with E-state index in [1.165, 1.54) is 33.0 Å². The summed E-state index contributed by atoms with van der Waals surface area (Å²) in [6.45, 7) is 1.85. The van der Waals surface area contributed by atoms with Gasteiger partial charge in [0.25, 0.3) is 0 Å². The second kappa shape index (κ2) is 10.2. The Morgan fingerprint density at radius 2 is 1.41 bits per heavy atom. The Balaban J connectivity index is 2.46. The Morgan fingerprint density at radius 3 is 1.82 bits per heavy atom. The van der Waals surface area contributed by atoms with Crippen LogP contribution in [0.15, 0.2) is 42.5 Å². The lowest BCUT2D eigenvalue weighted by molar-refractivity contribution is -0.143. The van der Waals surface area contributed by atoms with Gasteiger partial charge in [-0.15, -0.1) is 0 Å². The molecule has 0 saturated heterocycles. The fraction of sp³-hybridized carbons (Fsp3) is 0.391.